The molecule has 1 N–H and O–H groups in total. The van der Waals surface area contributed by atoms with Crippen LogP contribution in [0.1, 0.15) is 63.1 Å². The maximum Gasteiger partial charge on any atom is 0.308 e. The van der Waals surface area contributed by atoms with E-state index >= 15 is 0 Å². The molecule has 0 bridgehead atoms. The lowest BCUT2D eigenvalue weighted by Gasteiger charge is -2.20. The molecule has 0 radical (unpaired) electrons. The lowest BCUT2D eigenvalue weighted by atomic mass is 9.86. The SMILES string of the molecule is C=CCCC(=O)OCO/C(=C(/C=N)c1ccc(C(C)(C)C)cc1)c1c(Cl)c(C)nn1CC. The molecular formula is C25H32ClN3O3. The van der Waals surface area contributed by atoms with Gasteiger partial charge in [0.05, 0.1) is 10.7 Å². The Labute approximate surface area is 195 Å². The van der Waals surface area contributed by atoms with Crippen molar-refractivity contribution in [3.63, 3.8) is 0 Å². The molecule has 1 heterocycles. The molecule has 0 unspecified atom stereocenters. The number of hydrogen-bond donors (Lipinski definition) is 1. The molecule has 0 amide bonds. The molecule has 7 heteroatoms. The second-order valence-electron chi connectivity index (χ2n) is 8.38. The molecule has 0 saturated carbocycles. The molecule has 32 heavy (non-hydrogen) atoms. The summed E-state index contributed by atoms with van der Waals surface area (Å²) in [5, 5.41) is 13.0. The van der Waals surface area contributed by atoms with Crippen molar-refractivity contribution >= 4 is 35.1 Å². The largest absolute Gasteiger partial charge is 0.454 e. The number of carbonyl (C=O) groups is 1. The van der Waals surface area contributed by atoms with Crippen molar-refractivity contribution in [2.24, 2.45) is 0 Å². The van der Waals surface area contributed by atoms with Crippen LogP contribution in [0.5, 0.6) is 0 Å². The first-order valence-corrected chi connectivity index (χ1v) is 11.0. The molecule has 0 aliphatic heterocycles. The van der Waals surface area contributed by atoms with Crippen molar-refractivity contribution in [1.82, 2.24) is 9.78 Å². The van der Waals surface area contributed by atoms with Gasteiger partial charge >= 0.3 is 5.97 Å². The van der Waals surface area contributed by atoms with Gasteiger partial charge in [-0.25, -0.2) is 0 Å². The number of ether oxygens (including phenoxy) is 2. The number of esters is 1. The van der Waals surface area contributed by atoms with Crippen LogP contribution < -0.4 is 0 Å². The summed E-state index contributed by atoms with van der Waals surface area (Å²) in [6.45, 7) is 14.1. The van der Waals surface area contributed by atoms with E-state index < -0.39 is 0 Å². The lowest BCUT2D eigenvalue weighted by molar-refractivity contribution is -0.151. The highest BCUT2D eigenvalue weighted by Gasteiger charge is 2.23. The van der Waals surface area contributed by atoms with E-state index in [1.807, 2.05) is 38.1 Å². The summed E-state index contributed by atoms with van der Waals surface area (Å²) < 4.78 is 12.9. The lowest BCUT2D eigenvalue weighted by Crippen LogP contribution is -2.12. The molecule has 172 valence electrons. The molecule has 0 aliphatic rings. The van der Waals surface area contributed by atoms with Gasteiger partial charge in [-0.3, -0.25) is 9.48 Å². The molecule has 0 saturated heterocycles. The Kier molecular flexibility index (Phi) is 8.84. The first kappa shape index (κ1) is 25.4. The van der Waals surface area contributed by atoms with E-state index in [1.54, 1.807) is 10.8 Å². The topological polar surface area (TPSA) is 77.2 Å². The zero-order valence-corrected chi connectivity index (χ0v) is 20.3. The summed E-state index contributed by atoms with van der Waals surface area (Å²) in [5.74, 6) is -0.0473. The molecular weight excluding hydrogens is 426 g/mol. The highest BCUT2D eigenvalue weighted by atomic mass is 35.5. The number of aromatic nitrogens is 2. The zero-order chi connectivity index (χ0) is 23.9. The number of allylic oxidation sites excluding steroid dienone is 2. The number of rotatable bonds is 10. The van der Waals surface area contributed by atoms with E-state index in [2.05, 4.69) is 32.4 Å². The molecule has 0 aliphatic carbocycles. The summed E-state index contributed by atoms with van der Waals surface area (Å²) in [6.07, 6.45) is 3.63. The van der Waals surface area contributed by atoms with Gasteiger partial charge in [-0.05, 0) is 36.8 Å². The fourth-order valence-corrected chi connectivity index (χ4v) is 3.38. The van der Waals surface area contributed by atoms with E-state index in [9.17, 15) is 4.79 Å². The Morgan fingerprint density at radius 2 is 1.91 bits per heavy atom. The van der Waals surface area contributed by atoms with Crippen molar-refractivity contribution in [2.45, 2.75) is 59.4 Å². The highest BCUT2D eigenvalue weighted by Crippen LogP contribution is 2.34. The number of benzene rings is 1. The summed E-state index contributed by atoms with van der Waals surface area (Å²) in [4.78, 5) is 11.9. The van der Waals surface area contributed by atoms with Crippen LogP contribution in [0.4, 0.5) is 0 Å². The molecule has 0 atom stereocenters. The Bertz CT molecular complexity index is 999. The first-order valence-electron chi connectivity index (χ1n) is 10.6. The van der Waals surface area contributed by atoms with Gasteiger partial charge in [0.2, 0.25) is 6.79 Å². The van der Waals surface area contributed by atoms with Crippen LogP contribution in [-0.2, 0) is 26.2 Å². The Hall–Kier alpha value is -2.86. The zero-order valence-electron chi connectivity index (χ0n) is 19.5. The van der Waals surface area contributed by atoms with Gasteiger partial charge in [-0.1, -0.05) is 62.7 Å². The number of nitrogens with one attached hydrogen (secondary N) is 1. The summed E-state index contributed by atoms with van der Waals surface area (Å²) in [5.41, 5.74) is 3.69. The van der Waals surface area contributed by atoms with Crippen molar-refractivity contribution in [3.05, 3.63) is 64.5 Å². The van der Waals surface area contributed by atoms with Gasteiger partial charge in [0.1, 0.15) is 5.69 Å². The Morgan fingerprint density at radius 1 is 1.25 bits per heavy atom. The van der Waals surface area contributed by atoms with Crippen LogP contribution in [0.15, 0.2) is 36.9 Å². The monoisotopic (exact) mass is 457 g/mol. The Morgan fingerprint density at radius 3 is 2.44 bits per heavy atom. The third-order valence-electron chi connectivity index (χ3n) is 5.00. The number of halogens is 1. The van der Waals surface area contributed by atoms with Crippen LogP contribution in [0, 0.1) is 12.3 Å². The quantitative estimate of drug-likeness (QED) is 0.152. The maximum atomic E-state index is 11.9. The van der Waals surface area contributed by atoms with Crippen LogP contribution in [0.25, 0.3) is 11.3 Å². The van der Waals surface area contributed by atoms with Crippen LogP contribution >= 0.6 is 11.6 Å². The fourth-order valence-electron chi connectivity index (χ4n) is 3.15. The van der Waals surface area contributed by atoms with Crippen molar-refractivity contribution in [1.29, 1.82) is 5.41 Å². The first-order chi connectivity index (χ1) is 15.1. The van der Waals surface area contributed by atoms with E-state index in [4.69, 9.17) is 26.5 Å². The Balaban J connectivity index is 2.52. The number of carbonyl (C=O) groups excluding carboxylic acids is 1. The molecule has 2 aromatic rings. The summed E-state index contributed by atoms with van der Waals surface area (Å²) in [6, 6.07) is 7.98. The smallest absolute Gasteiger partial charge is 0.308 e. The minimum absolute atomic E-state index is 0.00725. The van der Waals surface area contributed by atoms with E-state index in [-0.39, 0.29) is 24.6 Å². The fraction of sp³-hybridized carbons (Fsp3) is 0.400. The van der Waals surface area contributed by atoms with Crippen LogP contribution in [-0.4, -0.2) is 28.8 Å². The minimum Gasteiger partial charge on any atom is -0.454 e. The number of aryl methyl sites for hydroxylation is 2. The average molecular weight is 458 g/mol. The second-order valence-corrected chi connectivity index (χ2v) is 8.76. The molecule has 0 fully saturated rings. The van der Waals surface area contributed by atoms with E-state index in [1.165, 1.54) is 11.8 Å². The van der Waals surface area contributed by atoms with E-state index in [0.29, 0.717) is 40.7 Å². The van der Waals surface area contributed by atoms with Gasteiger partial charge in [0.15, 0.2) is 5.76 Å². The normalized spacial score (nSPS) is 12.2. The predicted octanol–water partition coefficient (Wildman–Crippen LogP) is 6.16. The molecule has 6 nitrogen and oxygen atoms in total. The molecule has 1 aromatic heterocycles. The second kappa shape index (κ2) is 11.1. The van der Waals surface area contributed by atoms with Crippen molar-refractivity contribution in [2.75, 3.05) is 6.79 Å². The summed E-state index contributed by atoms with van der Waals surface area (Å²) >= 11 is 6.58. The third-order valence-corrected chi connectivity index (χ3v) is 5.45. The van der Waals surface area contributed by atoms with Crippen LogP contribution in [0.2, 0.25) is 5.02 Å². The van der Waals surface area contributed by atoms with Crippen LogP contribution in [0.3, 0.4) is 0 Å². The summed E-state index contributed by atoms with van der Waals surface area (Å²) in [7, 11) is 0. The molecule has 2 rings (SSSR count). The molecule has 0 spiro atoms. The van der Waals surface area contributed by atoms with Gasteiger partial charge in [-0.2, -0.15) is 5.10 Å². The average Bonchev–Trinajstić information content (AvgIpc) is 3.04. The van der Waals surface area contributed by atoms with Crippen molar-refractivity contribution < 1.29 is 14.3 Å². The number of nitrogens with zero attached hydrogens (tertiary/aromatic N) is 2. The number of hydrogen-bond acceptors (Lipinski definition) is 5. The predicted molar refractivity (Wildman–Crippen MR) is 130 cm³/mol. The maximum absolute atomic E-state index is 11.9. The van der Waals surface area contributed by atoms with Gasteiger partial charge < -0.3 is 14.9 Å². The van der Waals surface area contributed by atoms with Gasteiger partial charge in [0.25, 0.3) is 0 Å². The van der Waals surface area contributed by atoms with Gasteiger partial charge in [-0.15, -0.1) is 6.58 Å². The minimum atomic E-state index is -0.388. The standard InChI is InChI=1S/C25H32ClN3O3/c1-7-9-10-21(30)31-16-32-24(23-22(26)17(3)28-29(23)8-2)20(15-27)18-11-13-19(14-12-18)25(4,5)6/h7,11-15,27H,1,8-10,16H2,2-6H3/b24-20-,27-15?. The van der Waals surface area contributed by atoms with E-state index in [0.717, 1.165) is 5.56 Å². The third kappa shape index (κ3) is 6.10. The molecule has 1 aromatic carbocycles. The van der Waals surface area contributed by atoms with Crippen molar-refractivity contribution in [3.8, 4) is 0 Å². The highest BCUT2D eigenvalue weighted by molar-refractivity contribution is 6.33. The van der Waals surface area contributed by atoms with Gasteiger partial charge in [0, 0.05) is 24.8 Å².